The van der Waals surface area contributed by atoms with Crippen LogP contribution in [-0.2, 0) is 12.7 Å². The molecule has 3 rings (SSSR count). The Labute approximate surface area is 177 Å². The van der Waals surface area contributed by atoms with E-state index < -0.39 is 18.0 Å². The van der Waals surface area contributed by atoms with Gasteiger partial charge in [0.2, 0.25) is 0 Å². The van der Waals surface area contributed by atoms with E-state index in [0.717, 1.165) is 17.8 Å². The van der Waals surface area contributed by atoms with Gasteiger partial charge in [0, 0.05) is 19.3 Å². The van der Waals surface area contributed by atoms with Crippen molar-refractivity contribution in [2.45, 2.75) is 31.7 Å². The van der Waals surface area contributed by atoms with Crippen LogP contribution in [0.25, 0.3) is 0 Å². The summed E-state index contributed by atoms with van der Waals surface area (Å²) in [5.41, 5.74) is -0.244. The Balaban J connectivity index is 1.56. The lowest BCUT2D eigenvalue weighted by atomic mass is 10.1. The number of likely N-dealkylation sites (tertiary alicyclic amines) is 1. The van der Waals surface area contributed by atoms with Gasteiger partial charge in [0.25, 0.3) is 0 Å². The first-order chi connectivity index (χ1) is 14.8. The molecule has 1 aromatic heterocycles. The van der Waals surface area contributed by atoms with Crippen LogP contribution in [0.3, 0.4) is 0 Å². The van der Waals surface area contributed by atoms with E-state index in [1.165, 1.54) is 7.11 Å². The van der Waals surface area contributed by atoms with E-state index in [1.54, 1.807) is 24.1 Å². The Morgan fingerprint density at radius 1 is 1.23 bits per heavy atom. The molecule has 1 aliphatic rings. The van der Waals surface area contributed by atoms with Gasteiger partial charge in [-0.3, -0.25) is 0 Å². The molecule has 0 radical (unpaired) electrons. The number of hydrogen-bond acceptors (Lipinski definition) is 6. The molecule has 1 aliphatic heterocycles. The summed E-state index contributed by atoms with van der Waals surface area (Å²) >= 11 is 0. The first kappa shape index (κ1) is 22.4. The Bertz CT molecular complexity index is 910. The molecule has 11 heteroatoms. The van der Waals surface area contributed by atoms with Crippen LogP contribution in [0.2, 0.25) is 0 Å². The van der Waals surface area contributed by atoms with Crippen molar-refractivity contribution < 1.29 is 32.2 Å². The molecule has 1 atom stereocenters. The molecule has 0 bridgehead atoms. The van der Waals surface area contributed by atoms with Crippen LogP contribution in [0.5, 0.6) is 17.5 Å². The van der Waals surface area contributed by atoms with Crippen LogP contribution in [0.15, 0.2) is 30.5 Å². The van der Waals surface area contributed by atoms with Crippen LogP contribution in [0, 0.1) is 0 Å². The first-order valence-corrected chi connectivity index (χ1v) is 9.60. The zero-order valence-electron chi connectivity index (χ0n) is 17.1. The van der Waals surface area contributed by atoms with Crippen LogP contribution < -0.4 is 19.5 Å². The second kappa shape index (κ2) is 9.71. The number of halogens is 3. The minimum atomic E-state index is -4.58. The summed E-state index contributed by atoms with van der Waals surface area (Å²) < 4.78 is 54.4. The molecule has 8 nitrogen and oxygen atoms in total. The molecule has 1 saturated heterocycles. The number of aromatic nitrogens is 2. The molecule has 2 aromatic rings. The van der Waals surface area contributed by atoms with E-state index in [4.69, 9.17) is 14.2 Å². The zero-order valence-corrected chi connectivity index (χ0v) is 17.1. The third-order valence-corrected chi connectivity index (χ3v) is 4.75. The van der Waals surface area contributed by atoms with E-state index in [1.807, 2.05) is 6.07 Å². The van der Waals surface area contributed by atoms with Crippen LogP contribution >= 0.6 is 0 Å². The van der Waals surface area contributed by atoms with Crippen molar-refractivity contribution in [1.82, 2.24) is 20.2 Å². The summed E-state index contributed by atoms with van der Waals surface area (Å²) in [7, 11) is 3.07. The molecule has 0 aliphatic carbocycles. The number of urea groups is 1. The average molecular weight is 440 g/mol. The standard InChI is InChI=1S/C20H23F3N4O4/c1-29-15-6-5-13(10-16(15)30-2)11-25-19(28)27-9-3-4-14(12-27)31-18-24-8-7-17(26-18)20(21,22)23/h5-8,10,14H,3-4,9,11-12H2,1-2H3,(H,25,28). The fraction of sp³-hybridized carbons (Fsp3) is 0.450. The SMILES string of the molecule is COc1ccc(CNC(=O)N2CCCC(Oc3nccc(C(F)(F)F)n3)C2)cc1OC. The van der Waals surface area contributed by atoms with Gasteiger partial charge in [-0.25, -0.2) is 9.78 Å². The maximum absolute atomic E-state index is 12.8. The number of benzene rings is 1. The third-order valence-electron chi connectivity index (χ3n) is 4.75. The maximum atomic E-state index is 12.8. The van der Waals surface area contributed by atoms with Crippen LogP contribution in [0.1, 0.15) is 24.1 Å². The van der Waals surface area contributed by atoms with Gasteiger partial charge in [0.1, 0.15) is 6.10 Å². The number of amides is 2. The van der Waals surface area contributed by atoms with Gasteiger partial charge in [0.15, 0.2) is 17.2 Å². The minimum absolute atomic E-state index is 0.220. The lowest BCUT2D eigenvalue weighted by molar-refractivity contribution is -0.141. The number of hydrogen-bond donors (Lipinski definition) is 1. The second-order valence-electron chi connectivity index (χ2n) is 6.90. The molecular formula is C20H23F3N4O4. The van der Waals surface area contributed by atoms with Gasteiger partial charge >= 0.3 is 18.2 Å². The molecule has 0 spiro atoms. The van der Waals surface area contributed by atoms with Crippen molar-refractivity contribution in [3.05, 3.63) is 41.7 Å². The number of piperidine rings is 1. The number of methoxy groups -OCH3 is 2. The molecule has 1 aromatic carbocycles. The molecule has 31 heavy (non-hydrogen) atoms. The summed E-state index contributed by atoms with van der Waals surface area (Å²) in [4.78, 5) is 21.3. The highest BCUT2D eigenvalue weighted by molar-refractivity contribution is 5.74. The number of nitrogens with zero attached hydrogens (tertiary/aromatic N) is 3. The topological polar surface area (TPSA) is 85.8 Å². The van der Waals surface area contributed by atoms with E-state index in [-0.39, 0.29) is 25.1 Å². The molecular weight excluding hydrogens is 417 g/mol. The molecule has 2 amide bonds. The smallest absolute Gasteiger partial charge is 0.433 e. The fourth-order valence-electron chi connectivity index (χ4n) is 3.20. The molecule has 1 unspecified atom stereocenters. The normalized spacial score (nSPS) is 16.5. The number of ether oxygens (including phenoxy) is 3. The summed E-state index contributed by atoms with van der Waals surface area (Å²) in [6.07, 6.45) is -2.85. The Morgan fingerprint density at radius 2 is 2.00 bits per heavy atom. The van der Waals surface area contributed by atoms with Gasteiger partial charge in [-0.1, -0.05) is 6.07 Å². The molecule has 1 fully saturated rings. The minimum Gasteiger partial charge on any atom is -0.493 e. The summed E-state index contributed by atoms with van der Waals surface area (Å²) in [5, 5.41) is 2.83. The van der Waals surface area contributed by atoms with Crippen molar-refractivity contribution in [2.75, 3.05) is 27.3 Å². The van der Waals surface area contributed by atoms with E-state index in [2.05, 4.69) is 15.3 Å². The van der Waals surface area contributed by atoms with Gasteiger partial charge in [-0.2, -0.15) is 18.2 Å². The first-order valence-electron chi connectivity index (χ1n) is 9.60. The maximum Gasteiger partial charge on any atom is 0.433 e. The van der Waals surface area contributed by atoms with Crippen molar-refractivity contribution >= 4 is 6.03 Å². The Morgan fingerprint density at radius 3 is 2.71 bits per heavy atom. The Kier molecular flexibility index (Phi) is 7.03. The highest BCUT2D eigenvalue weighted by atomic mass is 19.4. The van der Waals surface area contributed by atoms with Crippen molar-refractivity contribution in [3.63, 3.8) is 0 Å². The highest BCUT2D eigenvalue weighted by Gasteiger charge is 2.33. The number of carbonyl (C=O) groups excluding carboxylic acids is 1. The van der Waals surface area contributed by atoms with Crippen LogP contribution in [0.4, 0.5) is 18.0 Å². The molecule has 0 saturated carbocycles. The van der Waals surface area contributed by atoms with Crippen molar-refractivity contribution in [3.8, 4) is 17.5 Å². The Hall–Kier alpha value is -3.24. The largest absolute Gasteiger partial charge is 0.493 e. The monoisotopic (exact) mass is 440 g/mol. The van der Waals surface area contributed by atoms with E-state index in [9.17, 15) is 18.0 Å². The number of carbonyl (C=O) groups is 1. The zero-order chi connectivity index (χ0) is 22.4. The average Bonchev–Trinajstić information content (AvgIpc) is 2.77. The summed E-state index contributed by atoms with van der Waals surface area (Å²) in [5.74, 6) is 1.15. The lowest BCUT2D eigenvalue weighted by Gasteiger charge is -2.32. The summed E-state index contributed by atoms with van der Waals surface area (Å²) in [6.45, 7) is 1.01. The quantitative estimate of drug-likeness (QED) is 0.742. The van der Waals surface area contributed by atoms with Gasteiger partial charge in [-0.05, 0) is 36.6 Å². The predicted molar refractivity (Wildman–Crippen MR) is 104 cm³/mol. The molecule has 168 valence electrons. The molecule has 1 N–H and O–H groups in total. The van der Waals surface area contributed by atoms with Crippen LogP contribution in [-0.4, -0.2) is 54.3 Å². The van der Waals surface area contributed by atoms with E-state index >= 15 is 0 Å². The van der Waals surface area contributed by atoms with Gasteiger partial charge in [-0.15, -0.1) is 0 Å². The van der Waals surface area contributed by atoms with E-state index in [0.29, 0.717) is 30.9 Å². The summed E-state index contributed by atoms with van der Waals surface area (Å²) in [6, 6.07) is 5.46. The number of rotatable bonds is 6. The lowest BCUT2D eigenvalue weighted by Crippen LogP contribution is -2.48. The molecule has 2 heterocycles. The third kappa shape index (κ3) is 5.89. The van der Waals surface area contributed by atoms with Crippen molar-refractivity contribution in [2.24, 2.45) is 0 Å². The fourth-order valence-corrected chi connectivity index (χ4v) is 3.20. The predicted octanol–water partition coefficient (Wildman–Crippen LogP) is 3.27. The van der Waals surface area contributed by atoms with Gasteiger partial charge in [0.05, 0.1) is 20.8 Å². The number of nitrogens with one attached hydrogen (secondary N) is 1. The second-order valence-corrected chi connectivity index (χ2v) is 6.90. The van der Waals surface area contributed by atoms with Gasteiger partial charge < -0.3 is 24.4 Å². The highest BCUT2D eigenvalue weighted by Crippen LogP contribution is 2.29. The van der Waals surface area contributed by atoms with Crippen molar-refractivity contribution in [1.29, 1.82) is 0 Å². The number of alkyl halides is 3.